The van der Waals surface area contributed by atoms with E-state index in [2.05, 4.69) is 15.0 Å². The summed E-state index contributed by atoms with van der Waals surface area (Å²) >= 11 is 0. The molecule has 68 valence electrons. The summed E-state index contributed by atoms with van der Waals surface area (Å²) in [7, 11) is 0. The van der Waals surface area contributed by atoms with Gasteiger partial charge in [-0.1, -0.05) is 12.1 Å². The highest BCUT2D eigenvalue weighted by Crippen LogP contribution is 2.18. The zero-order valence-corrected chi connectivity index (χ0v) is 7.24. The van der Waals surface area contributed by atoms with Crippen molar-refractivity contribution in [2.24, 2.45) is 0 Å². The quantitative estimate of drug-likeness (QED) is 0.556. The molecule has 0 unspecified atom stereocenters. The molecule has 4 heteroatoms. The maximum atomic E-state index is 11.1. The molecule has 2 aromatic heterocycles. The van der Waals surface area contributed by atoms with E-state index < -0.39 is 0 Å². The summed E-state index contributed by atoms with van der Waals surface area (Å²) in [5, 5.41) is 1.02. The van der Waals surface area contributed by atoms with Crippen LogP contribution in [-0.4, -0.2) is 15.0 Å². The van der Waals surface area contributed by atoms with Crippen molar-refractivity contribution in [2.45, 2.75) is 0 Å². The van der Waals surface area contributed by atoms with Gasteiger partial charge in [0.25, 0.3) is 0 Å². The second-order valence-corrected chi connectivity index (χ2v) is 3.14. The summed E-state index contributed by atoms with van der Waals surface area (Å²) in [5.41, 5.74) is 2.19. The van der Waals surface area contributed by atoms with Gasteiger partial charge in [-0.15, -0.1) is 0 Å². The average molecular weight is 185 g/mol. The summed E-state index contributed by atoms with van der Waals surface area (Å²) in [6.07, 6.45) is 1.72. The van der Waals surface area contributed by atoms with E-state index in [1.807, 2.05) is 24.3 Å². The van der Waals surface area contributed by atoms with Crippen LogP contribution in [0.3, 0.4) is 0 Å². The molecule has 0 amide bonds. The van der Waals surface area contributed by atoms with Gasteiger partial charge in [0, 0.05) is 11.6 Å². The summed E-state index contributed by atoms with van der Waals surface area (Å²) in [6, 6.07) is 7.65. The number of fused-ring (bicyclic) bond motifs is 3. The molecule has 0 aliphatic carbocycles. The first-order valence-electron chi connectivity index (χ1n) is 4.30. The zero-order valence-electron chi connectivity index (χ0n) is 7.24. The van der Waals surface area contributed by atoms with Crippen LogP contribution in [0.25, 0.3) is 21.9 Å². The van der Waals surface area contributed by atoms with Crippen LogP contribution in [0.4, 0.5) is 0 Å². The van der Waals surface area contributed by atoms with Gasteiger partial charge in [-0.25, -0.2) is 4.79 Å². The van der Waals surface area contributed by atoms with Crippen LogP contribution < -0.4 is 5.69 Å². The van der Waals surface area contributed by atoms with Gasteiger partial charge in [0.15, 0.2) is 0 Å². The van der Waals surface area contributed by atoms with E-state index in [4.69, 9.17) is 0 Å². The van der Waals surface area contributed by atoms with Crippen molar-refractivity contribution in [1.82, 2.24) is 15.0 Å². The van der Waals surface area contributed by atoms with Crippen molar-refractivity contribution in [3.8, 4) is 0 Å². The van der Waals surface area contributed by atoms with Crippen LogP contribution in [-0.2, 0) is 0 Å². The van der Waals surface area contributed by atoms with Gasteiger partial charge in [-0.05, 0) is 12.1 Å². The smallest absolute Gasteiger partial charge is 0.306 e. The number of nitrogens with zero attached hydrogens (tertiary/aromatic N) is 1. The SMILES string of the molecule is O=c1[nH]c2ccc3cccnc3c2[nH]1. The lowest BCUT2D eigenvalue weighted by Gasteiger charge is -1.95. The van der Waals surface area contributed by atoms with Crippen molar-refractivity contribution in [1.29, 1.82) is 0 Å². The summed E-state index contributed by atoms with van der Waals surface area (Å²) < 4.78 is 0. The van der Waals surface area contributed by atoms with Crippen molar-refractivity contribution in [3.05, 3.63) is 40.9 Å². The number of hydrogen-bond donors (Lipinski definition) is 2. The highest BCUT2D eigenvalue weighted by molar-refractivity contribution is 6.01. The van der Waals surface area contributed by atoms with E-state index in [0.717, 1.165) is 21.9 Å². The molecular weight excluding hydrogens is 178 g/mol. The van der Waals surface area contributed by atoms with E-state index >= 15 is 0 Å². The second-order valence-electron chi connectivity index (χ2n) is 3.14. The number of pyridine rings is 1. The van der Waals surface area contributed by atoms with Crippen molar-refractivity contribution in [3.63, 3.8) is 0 Å². The first-order chi connectivity index (χ1) is 6.84. The molecule has 3 aromatic rings. The minimum Gasteiger partial charge on any atom is -0.306 e. The molecule has 0 radical (unpaired) electrons. The second kappa shape index (κ2) is 2.45. The lowest BCUT2D eigenvalue weighted by Crippen LogP contribution is -1.99. The number of aromatic nitrogens is 3. The van der Waals surface area contributed by atoms with E-state index in [1.54, 1.807) is 6.20 Å². The Morgan fingerprint density at radius 2 is 2.07 bits per heavy atom. The Labute approximate surface area is 78.6 Å². The van der Waals surface area contributed by atoms with Gasteiger partial charge < -0.3 is 9.97 Å². The van der Waals surface area contributed by atoms with E-state index in [1.165, 1.54) is 0 Å². The lowest BCUT2D eigenvalue weighted by molar-refractivity contribution is 1.21. The molecule has 0 aliphatic rings. The molecule has 0 atom stereocenters. The Hall–Kier alpha value is -2.10. The Balaban J connectivity index is 2.66. The topological polar surface area (TPSA) is 61.5 Å². The van der Waals surface area contributed by atoms with Gasteiger partial charge in [0.05, 0.1) is 16.6 Å². The normalized spacial score (nSPS) is 11.1. The fourth-order valence-corrected chi connectivity index (χ4v) is 1.64. The average Bonchev–Trinajstić information content (AvgIpc) is 2.59. The van der Waals surface area contributed by atoms with Crippen LogP contribution in [0, 0.1) is 0 Å². The van der Waals surface area contributed by atoms with Crippen LogP contribution in [0.5, 0.6) is 0 Å². The maximum Gasteiger partial charge on any atom is 0.323 e. The number of rotatable bonds is 0. The molecule has 0 saturated carbocycles. The third-order valence-corrected chi connectivity index (χ3v) is 2.26. The monoisotopic (exact) mass is 185 g/mol. The van der Waals surface area contributed by atoms with Crippen LogP contribution in [0.15, 0.2) is 35.3 Å². The largest absolute Gasteiger partial charge is 0.323 e. The first kappa shape index (κ1) is 7.32. The molecule has 2 N–H and O–H groups in total. The van der Waals surface area contributed by atoms with E-state index in [0.29, 0.717) is 0 Å². The molecule has 14 heavy (non-hydrogen) atoms. The Morgan fingerprint density at radius 1 is 1.14 bits per heavy atom. The lowest BCUT2D eigenvalue weighted by atomic mass is 10.2. The minimum atomic E-state index is -0.196. The Kier molecular flexibility index (Phi) is 1.28. The summed E-state index contributed by atoms with van der Waals surface area (Å²) in [6.45, 7) is 0. The zero-order chi connectivity index (χ0) is 9.54. The van der Waals surface area contributed by atoms with Gasteiger partial charge in [-0.2, -0.15) is 0 Å². The van der Waals surface area contributed by atoms with Crippen LogP contribution in [0.1, 0.15) is 0 Å². The predicted molar refractivity (Wildman–Crippen MR) is 54.2 cm³/mol. The molecule has 1 aromatic carbocycles. The molecule has 3 rings (SSSR count). The number of hydrogen-bond acceptors (Lipinski definition) is 2. The Bertz CT molecular complexity index is 665. The minimum absolute atomic E-state index is 0.196. The maximum absolute atomic E-state index is 11.1. The standard InChI is InChI=1S/C10H7N3O/c14-10-12-7-4-3-6-2-1-5-11-8(6)9(7)13-10/h1-5H,(H2,12,13,14). The molecule has 0 fully saturated rings. The number of nitrogens with one attached hydrogen (secondary N) is 2. The highest BCUT2D eigenvalue weighted by Gasteiger charge is 2.03. The molecule has 0 saturated heterocycles. The number of H-pyrrole nitrogens is 2. The van der Waals surface area contributed by atoms with Crippen molar-refractivity contribution >= 4 is 21.9 Å². The molecule has 0 bridgehead atoms. The fourth-order valence-electron chi connectivity index (χ4n) is 1.64. The fraction of sp³-hybridized carbons (Fsp3) is 0. The third-order valence-electron chi connectivity index (χ3n) is 2.26. The molecule has 0 spiro atoms. The predicted octanol–water partition coefficient (Wildman–Crippen LogP) is 1.40. The van der Waals surface area contributed by atoms with Gasteiger partial charge in [-0.3, -0.25) is 4.98 Å². The molecular formula is C10H7N3O. The molecule has 2 heterocycles. The van der Waals surface area contributed by atoms with Crippen LogP contribution in [0.2, 0.25) is 0 Å². The van der Waals surface area contributed by atoms with Crippen molar-refractivity contribution < 1.29 is 0 Å². The van der Waals surface area contributed by atoms with E-state index in [9.17, 15) is 4.79 Å². The van der Waals surface area contributed by atoms with Crippen molar-refractivity contribution in [2.75, 3.05) is 0 Å². The number of imidazole rings is 1. The first-order valence-corrected chi connectivity index (χ1v) is 4.30. The summed E-state index contributed by atoms with van der Waals surface area (Å²) in [5.74, 6) is 0. The van der Waals surface area contributed by atoms with Gasteiger partial charge in [0.2, 0.25) is 0 Å². The summed E-state index contributed by atoms with van der Waals surface area (Å²) in [4.78, 5) is 20.8. The van der Waals surface area contributed by atoms with Gasteiger partial charge >= 0.3 is 5.69 Å². The highest BCUT2D eigenvalue weighted by atomic mass is 16.1. The third kappa shape index (κ3) is 0.877. The van der Waals surface area contributed by atoms with E-state index in [-0.39, 0.29) is 5.69 Å². The number of aromatic amines is 2. The molecule has 0 aliphatic heterocycles. The Morgan fingerprint density at radius 3 is 3.00 bits per heavy atom. The number of benzene rings is 1. The van der Waals surface area contributed by atoms with Gasteiger partial charge in [0.1, 0.15) is 0 Å². The van der Waals surface area contributed by atoms with Crippen LogP contribution >= 0.6 is 0 Å². The molecule has 4 nitrogen and oxygen atoms in total.